The summed E-state index contributed by atoms with van der Waals surface area (Å²) in [5, 5.41) is 15.7. The van der Waals surface area contributed by atoms with Gasteiger partial charge in [0, 0.05) is 12.1 Å². The minimum Gasteiger partial charge on any atom is -0.481 e. The van der Waals surface area contributed by atoms with Gasteiger partial charge in [0.1, 0.15) is 0 Å². The normalized spacial score (nSPS) is 37.6. The number of carboxylic acid groups (broad SMARTS) is 1. The van der Waals surface area contributed by atoms with Gasteiger partial charge in [-0.1, -0.05) is 0 Å². The fourth-order valence-electron chi connectivity index (χ4n) is 2.85. The maximum atomic E-state index is 10.7. The van der Waals surface area contributed by atoms with Gasteiger partial charge in [-0.2, -0.15) is 0 Å². The first-order chi connectivity index (χ1) is 6.73. The molecule has 1 spiro atoms. The fourth-order valence-corrected chi connectivity index (χ4v) is 2.85. The molecule has 80 valence electrons. The van der Waals surface area contributed by atoms with Gasteiger partial charge in [0.05, 0.1) is 6.42 Å². The van der Waals surface area contributed by atoms with E-state index in [2.05, 4.69) is 10.6 Å². The highest BCUT2D eigenvalue weighted by atomic mass is 16.4. The summed E-state index contributed by atoms with van der Waals surface area (Å²) in [5.74, 6) is -0.351. The molecule has 0 saturated carbocycles. The van der Waals surface area contributed by atoms with Gasteiger partial charge in [0.2, 0.25) is 0 Å². The van der Waals surface area contributed by atoms with Gasteiger partial charge in [0.15, 0.2) is 0 Å². The second-order valence-corrected chi connectivity index (χ2v) is 4.45. The summed E-state index contributed by atoms with van der Waals surface area (Å²) < 4.78 is 0. The van der Waals surface area contributed by atoms with Crippen LogP contribution in [0.5, 0.6) is 0 Å². The Morgan fingerprint density at radius 2 is 2.36 bits per heavy atom. The molecule has 0 aliphatic carbocycles. The van der Waals surface area contributed by atoms with Crippen LogP contribution in [0.2, 0.25) is 0 Å². The first kappa shape index (κ1) is 9.93. The second kappa shape index (κ2) is 3.87. The predicted molar refractivity (Wildman–Crippen MR) is 53.2 cm³/mol. The molecule has 0 radical (unpaired) electrons. The van der Waals surface area contributed by atoms with Gasteiger partial charge < -0.3 is 15.7 Å². The van der Waals surface area contributed by atoms with Gasteiger partial charge in [-0.05, 0) is 38.3 Å². The maximum Gasteiger partial charge on any atom is 0.303 e. The highest BCUT2D eigenvalue weighted by Gasteiger charge is 2.43. The second-order valence-electron chi connectivity index (χ2n) is 4.45. The molecule has 2 heterocycles. The van der Waals surface area contributed by atoms with E-state index in [0.717, 1.165) is 38.9 Å². The van der Waals surface area contributed by atoms with Crippen molar-refractivity contribution in [2.75, 3.05) is 19.6 Å². The monoisotopic (exact) mass is 198 g/mol. The minimum atomic E-state index is -0.663. The molecule has 2 aliphatic heterocycles. The van der Waals surface area contributed by atoms with Crippen molar-refractivity contribution in [3.8, 4) is 0 Å². The molecule has 0 aromatic rings. The number of nitrogens with one attached hydrogen (secondary N) is 2. The van der Waals surface area contributed by atoms with Crippen molar-refractivity contribution in [2.24, 2.45) is 5.92 Å². The highest BCUT2D eigenvalue weighted by Crippen LogP contribution is 2.34. The van der Waals surface area contributed by atoms with Crippen LogP contribution in [-0.4, -0.2) is 36.2 Å². The molecule has 0 amide bonds. The lowest BCUT2D eigenvalue weighted by Crippen LogP contribution is -2.56. The number of hydrogen-bond donors (Lipinski definition) is 3. The SMILES string of the molecule is O=C(O)CC1CCNC12CCCNC2. The first-order valence-electron chi connectivity index (χ1n) is 5.40. The number of carboxylic acids is 1. The predicted octanol–water partition coefficient (Wildman–Crippen LogP) is 0.193. The molecule has 2 aliphatic rings. The van der Waals surface area contributed by atoms with Crippen molar-refractivity contribution >= 4 is 5.97 Å². The Morgan fingerprint density at radius 1 is 1.50 bits per heavy atom. The Labute approximate surface area is 84.1 Å². The van der Waals surface area contributed by atoms with Crippen molar-refractivity contribution in [2.45, 2.75) is 31.2 Å². The maximum absolute atomic E-state index is 10.7. The van der Waals surface area contributed by atoms with Crippen molar-refractivity contribution in [3.05, 3.63) is 0 Å². The van der Waals surface area contributed by atoms with E-state index >= 15 is 0 Å². The average Bonchev–Trinajstić information content (AvgIpc) is 2.50. The standard InChI is InChI=1S/C10H18N2O2/c13-9(14)6-8-2-5-12-10(8)3-1-4-11-7-10/h8,11-12H,1-7H2,(H,13,14). The molecule has 2 saturated heterocycles. The number of carbonyl (C=O) groups is 1. The highest BCUT2D eigenvalue weighted by molar-refractivity contribution is 5.67. The molecule has 2 fully saturated rings. The van der Waals surface area contributed by atoms with Crippen LogP contribution in [0.4, 0.5) is 0 Å². The molecule has 3 N–H and O–H groups in total. The van der Waals surface area contributed by atoms with Gasteiger partial charge in [-0.25, -0.2) is 0 Å². The van der Waals surface area contributed by atoms with Crippen LogP contribution in [0.25, 0.3) is 0 Å². The molecule has 0 aromatic carbocycles. The summed E-state index contributed by atoms with van der Waals surface area (Å²) in [4.78, 5) is 10.7. The zero-order valence-corrected chi connectivity index (χ0v) is 8.38. The molecule has 4 nitrogen and oxygen atoms in total. The number of piperidine rings is 1. The van der Waals surface area contributed by atoms with Gasteiger partial charge in [0.25, 0.3) is 0 Å². The molecular weight excluding hydrogens is 180 g/mol. The summed E-state index contributed by atoms with van der Waals surface area (Å²) in [6.45, 7) is 2.98. The van der Waals surface area contributed by atoms with E-state index in [1.165, 1.54) is 0 Å². The summed E-state index contributed by atoms with van der Waals surface area (Å²) in [5.41, 5.74) is 0.0800. The number of hydrogen-bond acceptors (Lipinski definition) is 3. The molecule has 4 heteroatoms. The summed E-state index contributed by atoms with van der Waals surface area (Å²) in [6.07, 6.45) is 3.60. The molecule has 2 unspecified atom stereocenters. The van der Waals surface area contributed by atoms with Crippen molar-refractivity contribution in [1.82, 2.24) is 10.6 Å². The largest absolute Gasteiger partial charge is 0.481 e. The topological polar surface area (TPSA) is 61.4 Å². The van der Waals surface area contributed by atoms with E-state index in [1.54, 1.807) is 0 Å². The lowest BCUT2D eigenvalue weighted by molar-refractivity contribution is -0.138. The smallest absolute Gasteiger partial charge is 0.303 e. The van der Waals surface area contributed by atoms with Crippen LogP contribution >= 0.6 is 0 Å². The molecule has 2 atom stereocenters. The Kier molecular flexibility index (Phi) is 2.74. The van der Waals surface area contributed by atoms with Crippen molar-refractivity contribution in [1.29, 1.82) is 0 Å². The number of aliphatic carboxylic acids is 1. The van der Waals surface area contributed by atoms with Crippen LogP contribution in [-0.2, 0) is 4.79 Å². The third-order valence-corrected chi connectivity index (χ3v) is 3.59. The fraction of sp³-hybridized carbons (Fsp3) is 0.900. The van der Waals surface area contributed by atoms with E-state index in [4.69, 9.17) is 5.11 Å². The molecule has 14 heavy (non-hydrogen) atoms. The molecule has 0 bridgehead atoms. The van der Waals surface area contributed by atoms with Crippen molar-refractivity contribution < 1.29 is 9.90 Å². The van der Waals surface area contributed by atoms with E-state index in [-0.39, 0.29) is 5.54 Å². The Morgan fingerprint density at radius 3 is 3.00 bits per heavy atom. The summed E-state index contributed by atoms with van der Waals surface area (Å²) >= 11 is 0. The van der Waals surface area contributed by atoms with Crippen molar-refractivity contribution in [3.63, 3.8) is 0 Å². The molecule has 2 rings (SSSR count). The molecule has 0 aromatic heterocycles. The lowest BCUT2D eigenvalue weighted by Gasteiger charge is -2.39. The summed E-state index contributed by atoms with van der Waals surface area (Å²) in [7, 11) is 0. The number of rotatable bonds is 2. The van der Waals surface area contributed by atoms with Gasteiger partial charge in [-0.15, -0.1) is 0 Å². The lowest BCUT2D eigenvalue weighted by atomic mass is 9.78. The third kappa shape index (κ3) is 1.77. The first-order valence-corrected chi connectivity index (χ1v) is 5.40. The average molecular weight is 198 g/mol. The Bertz CT molecular complexity index is 224. The van der Waals surface area contributed by atoms with E-state index in [9.17, 15) is 4.79 Å². The van der Waals surface area contributed by atoms with E-state index in [0.29, 0.717) is 12.3 Å². The minimum absolute atomic E-state index is 0.0800. The van der Waals surface area contributed by atoms with Crippen LogP contribution < -0.4 is 10.6 Å². The molecular formula is C10H18N2O2. The quantitative estimate of drug-likeness (QED) is 0.593. The Balaban J connectivity index is 2.03. The van der Waals surface area contributed by atoms with Crippen LogP contribution in [0.3, 0.4) is 0 Å². The van der Waals surface area contributed by atoms with Crippen LogP contribution in [0.1, 0.15) is 25.7 Å². The third-order valence-electron chi connectivity index (χ3n) is 3.59. The summed E-state index contributed by atoms with van der Waals surface area (Å²) in [6, 6.07) is 0. The van der Waals surface area contributed by atoms with Gasteiger partial charge in [-0.3, -0.25) is 4.79 Å². The van der Waals surface area contributed by atoms with Gasteiger partial charge >= 0.3 is 5.97 Å². The van der Waals surface area contributed by atoms with Crippen LogP contribution in [0.15, 0.2) is 0 Å². The van der Waals surface area contributed by atoms with Crippen LogP contribution in [0, 0.1) is 5.92 Å². The zero-order valence-electron chi connectivity index (χ0n) is 8.38. The van der Waals surface area contributed by atoms with E-state index < -0.39 is 5.97 Å². The Hall–Kier alpha value is -0.610. The zero-order chi connectivity index (χ0) is 10.0. The van der Waals surface area contributed by atoms with E-state index in [1.807, 2.05) is 0 Å².